The number of morpholine rings is 1. The molecule has 2 aromatic rings. The number of anilines is 1. The molecule has 112 valence electrons. The summed E-state index contributed by atoms with van der Waals surface area (Å²) in [4.78, 5) is 10.5. The molecule has 3 rings (SSSR count). The van der Waals surface area contributed by atoms with Crippen LogP contribution in [0.1, 0.15) is 17.7 Å². The van der Waals surface area contributed by atoms with Gasteiger partial charge in [0, 0.05) is 25.5 Å². The summed E-state index contributed by atoms with van der Waals surface area (Å²) in [5.74, 6) is 0.665. The molecule has 0 bridgehead atoms. The number of hydrogen-bond acceptors (Lipinski definition) is 5. The summed E-state index contributed by atoms with van der Waals surface area (Å²) in [5, 5.41) is 9.16. The van der Waals surface area contributed by atoms with E-state index in [1.807, 2.05) is 6.07 Å². The molecule has 22 heavy (non-hydrogen) atoms. The van der Waals surface area contributed by atoms with Gasteiger partial charge >= 0.3 is 0 Å². The Bertz CT molecular complexity index is 653. The summed E-state index contributed by atoms with van der Waals surface area (Å²) in [7, 11) is 0. The molecule has 0 amide bonds. The summed E-state index contributed by atoms with van der Waals surface area (Å²) in [5.41, 5.74) is 1.70. The molecule has 1 aliphatic rings. The highest BCUT2D eigenvalue weighted by molar-refractivity contribution is 5.49. The van der Waals surface area contributed by atoms with E-state index in [9.17, 15) is 0 Å². The first-order valence-corrected chi connectivity index (χ1v) is 7.48. The molecule has 0 spiro atoms. The molecule has 5 heteroatoms. The van der Waals surface area contributed by atoms with Crippen LogP contribution in [0.2, 0.25) is 0 Å². The molecule has 1 saturated heterocycles. The lowest BCUT2D eigenvalue weighted by Crippen LogP contribution is -2.43. The number of nitriles is 1. The van der Waals surface area contributed by atoms with Crippen molar-refractivity contribution >= 4 is 5.82 Å². The van der Waals surface area contributed by atoms with Gasteiger partial charge in [-0.3, -0.25) is 0 Å². The molecular formula is C17H18N4O. The minimum Gasteiger partial charge on any atom is -0.375 e. The SMILES string of the molecule is N#Cc1nccnc1N1CCO[C@@H](CCc2ccccc2)C1. The zero-order chi connectivity index (χ0) is 15.2. The van der Waals surface area contributed by atoms with Crippen LogP contribution in [0.5, 0.6) is 0 Å². The van der Waals surface area contributed by atoms with Crippen molar-refractivity contribution in [2.45, 2.75) is 18.9 Å². The van der Waals surface area contributed by atoms with E-state index in [0.29, 0.717) is 18.1 Å². The minimum atomic E-state index is 0.155. The fourth-order valence-electron chi connectivity index (χ4n) is 2.70. The predicted octanol–water partition coefficient (Wildman–Crippen LogP) is 2.19. The molecule has 1 aromatic heterocycles. The monoisotopic (exact) mass is 294 g/mol. The second-order valence-corrected chi connectivity index (χ2v) is 5.30. The first-order valence-electron chi connectivity index (χ1n) is 7.48. The van der Waals surface area contributed by atoms with Crippen molar-refractivity contribution in [3.05, 3.63) is 54.0 Å². The molecule has 0 aliphatic carbocycles. The largest absolute Gasteiger partial charge is 0.375 e. The summed E-state index contributed by atoms with van der Waals surface area (Å²) < 4.78 is 5.85. The lowest BCUT2D eigenvalue weighted by atomic mass is 10.1. The Labute approximate surface area is 130 Å². The first-order chi connectivity index (χ1) is 10.9. The van der Waals surface area contributed by atoms with Crippen molar-refractivity contribution in [1.29, 1.82) is 5.26 Å². The molecular weight excluding hydrogens is 276 g/mol. The highest BCUT2D eigenvalue weighted by Gasteiger charge is 2.23. The van der Waals surface area contributed by atoms with Crippen LogP contribution in [0.15, 0.2) is 42.7 Å². The molecule has 0 N–H and O–H groups in total. The maximum absolute atomic E-state index is 9.16. The molecule has 5 nitrogen and oxygen atoms in total. The molecule has 1 aromatic carbocycles. The molecule has 2 heterocycles. The fraction of sp³-hybridized carbons (Fsp3) is 0.353. The van der Waals surface area contributed by atoms with Crippen molar-refractivity contribution < 1.29 is 4.74 Å². The molecule has 1 aliphatic heterocycles. The number of ether oxygens (including phenoxy) is 1. The van der Waals surface area contributed by atoms with Crippen LogP contribution in [0.25, 0.3) is 0 Å². The van der Waals surface area contributed by atoms with E-state index in [2.05, 4.69) is 45.2 Å². The first kappa shape index (κ1) is 14.5. The minimum absolute atomic E-state index is 0.155. The number of aryl methyl sites for hydroxylation is 1. The lowest BCUT2D eigenvalue weighted by molar-refractivity contribution is 0.0352. The van der Waals surface area contributed by atoms with Gasteiger partial charge in [-0.15, -0.1) is 0 Å². The topological polar surface area (TPSA) is 62.0 Å². The van der Waals surface area contributed by atoms with Crippen LogP contribution in [0.4, 0.5) is 5.82 Å². The van der Waals surface area contributed by atoms with Gasteiger partial charge < -0.3 is 9.64 Å². The Morgan fingerprint density at radius 3 is 2.86 bits per heavy atom. The zero-order valence-corrected chi connectivity index (χ0v) is 12.4. The van der Waals surface area contributed by atoms with E-state index in [4.69, 9.17) is 10.00 Å². The van der Waals surface area contributed by atoms with Gasteiger partial charge in [0.25, 0.3) is 0 Å². The molecule has 0 radical (unpaired) electrons. The summed E-state index contributed by atoms with van der Waals surface area (Å²) >= 11 is 0. The maximum atomic E-state index is 9.16. The Morgan fingerprint density at radius 1 is 1.23 bits per heavy atom. The fourth-order valence-corrected chi connectivity index (χ4v) is 2.70. The normalized spacial score (nSPS) is 18.0. The number of hydrogen-bond donors (Lipinski definition) is 0. The number of benzene rings is 1. The Balaban J connectivity index is 1.63. The van der Waals surface area contributed by atoms with Crippen LogP contribution >= 0.6 is 0 Å². The summed E-state index contributed by atoms with van der Waals surface area (Å²) in [6.45, 7) is 2.15. The summed E-state index contributed by atoms with van der Waals surface area (Å²) in [6, 6.07) is 12.5. The molecule has 0 unspecified atom stereocenters. The third-order valence-electron chi connectivity index (χ3n) is 3.82. The van der Waals surface area contributed by atoms with Crippen molar-refractivity contribution in [3.8, 4) is 6.07 Å². The van der Waals surface area contributed by atoms with Gasteiger partial charge in [-0.1, -0.05) is 30.3 Å². The average molecular weight is 294 g/mol. The van der Waals surface area contributed by atoms with E-state index < -0.39 is 0 Å². The average Bonchev–Trinajstić information content (AvgIpc) is 2.61. The smallest absolute Gasteiger partial charge is 0.183 e. The Morgan fingerprint density at radius 2 is 2.05 bits per heavy atom. The highest BCUT2D eigenvalue weighted by atomic mass is 16.5. The molecule has 1 fully saturated rings. The second-order valence-electron chi connectivity index (χ2n) is 5.30. The van der Waals surface area contributed by atoms with Crippen LogP contribution in [0.3, 0.4) is 0 Å². The van der Waals surface area contributed by atoms with Gasteiger partial charge in [0.1, 0.15) is 6.07 Å². The van der Waals surface area contributed by atoms with E-state index in [0.717, 1.165) is 25.9 Å². The van der Waals surface area contributed by atoms with Gasteiger partial charge in [0.15, 0.2) is 11.5 Å². The Kier molecular flexibility index (Phi) is 4.62. The van der Waals surface area contributed by atoms with Crippen molar-refractivity contribution in [2.75, 3.05) is 24.6 Å². The van der Waals surface area contributed by atoms with Crippen LogP contribution < -0.4 is 4.90 Å². The number of rotatable bonds is 4. The van der Waals surface area contributed by atoms with Gasteiger partial charge in [0.05, 0.1) is 12.7 Å². The Hall–Kier alpha value is -2.45. The predicted molar refractivity (Wildman–Crippen MR) is 83.5 cm³/mol. The van der Waals surface area contributed by atoms with E-state index in [1.54, 1.807) is 12.4 Å². The lowest BCUT2D eigenvalue weighted by Gasteiger charge is -2.33. The van der Waals surface area contributed by atoms with Gasteiger partial charge in [-0.25, -0.2) is 9.97 Å². The third-order valence-corrected chi connectivity index (χ3v) is 3.82. The second kappa shape index (κ2) is 7.01. The van der Waals surface area contributed by atoms with Gasteiger partial charge in [-0.2, -0.15) is 5.26 Å². The quantitative estimate of drug-likeness (QED) is 0.865. The van der Waals surface area contributed by atoms with Crippen molar-refractivity contribution in [3.63, 3.8) is 0 Å². The standard InChI is InChI=1S/C17H18N4O/c18-12-16-17(20-9-8-19-16)21-10-11-22-15(13-21)7-6-14-4-2-1-3-5-14/h1-5,8-9,15H,6-7,10-11,13H2/t15-/m0/s1. The highest BCUT2D eigenvalue weighted by Crippen LogP contribution is 2.19. The van der Waals surface area contributed by atoms with E-state index in [-0.39, 0.29) is 6.10 Å². The summed E-state index contributed by atoms with van der Waals surface area (Å²) in [6.07, 6.45) is 5.29. The number of aromatic nitrogens is 2. The van der Waals surface area contributed by atoms with Crippen LogP contribution in [-0.4, -0.2) is 35.8 Å². The van der Waals surface area contributed by atoms with E-state index in [1.165, 1.54) is 5.56 Å². The third kappa shape index (κ3) is 3.41. The van der Waals surface area contributed by atoms with E-state index >= 15 is 0 Å². The van der Waals surface area contributed by atoms with Crippen LogP contribution in [0, 0.1) is 11.3 Å². The maximum Gasteiger partial charge on any atom is 0.183 e. The van der Waals surface area contributed by atoms with Gasteiger partial charge in [0.2, 0.25) is 0 Å². The van der Waals surface area contributed by atoms with Crippen molar-refractivity contribution in [2.24, 2.45) is 0 Å². The van der Waals surface area contributed by atoms with Gasteiger partial charge in [-0.05, 0) is 18.4 Å². The zero-order valence-electron chi connectivity index (χ0n) is 12.4. The molecule has 1 atom stereocenters. The number of nitrogens with zero attached hydrogens (tertiary/aromatic N) is 4. The molecule has 0 saturated carbocycles. The van der Waals surface area contributed by atoms with Crippen LogP contribution in [-0.2, 0) is 11.2 Å². The van der Waals surface area contributed by atoms with Crippen molar-refractivity contribution in [1.82, 2.24) is 9.97 Å².